The third-order valence-electron chi connectivity index (χ3n) is 4.34. The summed E-state index contributed by atoms with van der Waals surface area (Å²) >= 11 is 7.68. The summed E-state index contributed by atoms with van der Waals surface area (Å²) in [6.45, 7) is 7.07. The maximum absolute atomic E-state index is 5.97. The molecule has 0 saturated carbocycles. The molecule has 0 radical (unpaired) electrons. The van der Waals surface area contributed by atoms with Crippen LogP contribution in [0.25, 0.3) is 0 Å². The summed E-state index contributed by atoms with van der Waals surface area (Å²) < 4.78 is 0.903. The molecule has 4 heteroatoms. The molecule has 0 aliphatic carbocycles. The number of piperidine rings is 1. The molecule has 1 aromatic heterocycles. The smallest absolute Gasteiger partial charge is 0.0931 e. The molecule has 2 heterocycles. The minimum Gasteiger partial charge on any atom is -0.317 e. The number of likely N-dealkylation sites (tertiary alicyclic amines) is 1. The van der Waals surface area contributed by atoms with Crippen molar-refractivity contribution >= 4 is 22.9 Å². The molecule has 1 fully saturated rings. The highest BCUT2D eigenvalue weighted by atomic mass is 35.5. The predicted octanol–water partition coefficient (Wildman–Crippen LogP) is 3.26. The van der Waals surface area contributed by atoms with Gasteiger partial charge in [0.1, 0.15) is 0 Å². The van der Waals surface area contributed by atoms with Crippen LogP contribution in [0, 0.1) is 5.92 Å². The second kappa shape index (κ2) is 6.38. The highest BCUT2D eigenvalue weighted by Crippen LogP contribution is 2.25. The lowest BCUT2D eigenvalue weighted by Crippen LogP contribution is -2.52. The van der Waals surface area contributed by atoms with Crippen LogP contribution < -0.4 is 5.32 Å². The molecular weight excluding hydrogens is 264 g/mol. The van der Waals surface area contributed by atoms with Gasteiger partial charge in [0.2, 0.25) is 0 Å². The van der Waals surface area contributed by atoms with E-state index in [0.717, 1.165) is 23.2 Å². The molecule has 1 saturated heterocycles. The van der Waals surface area contributed by atoms with Crippen LogP contribution in [0.4, 0.5) is 0 Å². The van der Waals surface area contributed by atoms with Gasteiger partial charge in [-0.3, -0.25) is 4.90 Å². The molecule has 2 rings (SSSR count). The molecule has 3 atom stereocenters. The fourth-order valence-electron chi connectivity index (χ4n) is 2.90. The first-order chi connectivity index (χ1) is 8.61. The van der Waals surface area contributed by atoms with Gasteiger partial charge in [0, 0.05) is 23.5 Å². The van der Waals surface area contributed by atoms with Crippen LogP contribution in [-0.2, 0) is 6.42 Å². The Morgan fingerprint density at radius 1 is 1.44 bits per heavy atom. The van der Waals surface area contributed by atoms with Crippen molar-refractivity contribution in [3.8, 4) is 0 Å². The molecule has 2 nitrogen and oxygen atoms in total. The number of rotatable bonds is 4. The van der Waals surface area contributed by atoms with Gasteiger partial charge in [0.25, 0.3) is 0 Å². The number of thiophene rings is 1. The van der Waals surface area contributed by atoms with E-state index in [1.807, 2.05) is 6.07 Å². The van der Waals surface area contributed by atoms with Gasteiger partial charge in [-0.05, 0) is 51.4 Å². The second-order valence-corrected chi connectivity index (χ2v) is 7.07. The molecule has 0 spiro atoms. The molecule has 102 valence electrons. The molecule has 3 unspecified atom stereocenters. The Morgan fingerprint density at radius 3 is 2.83 bits per heavy atom. The number of halogens is 1. The van der Waals surface area contributed by atoms with Crippen molar-refractivity contribution in [3.63, 3.8) is 0 Å². The zero-order chi connectivity index (χ0) is 13.1. The topological polar surface area (TPSA) is 15.3 Å². The van der Waals surface area contributed by atoms with Crippen LogP contribution in [0.3, 0.4) is 0 Å². The first kappa shape index (κ1) is 14.3. The Bertz CT molecular complexity index is 380. The highest BCUT2D eigenvalue weighted by molar-refractivity contribution is 7.16. The van der Waals surface area contributed by atoms with Gasteiger partial charge < -0.3 is 5.32 Å². The zero-order valence-corrected chi connectivity index (χ0v) is 13.0. The Morgan fingerprint density at radius 2 is 2.22 bits per heavy atom. The summed E-state index contributed by atoms with van der Waals surface area (Å²) in [6, 6.07) is 5.49. The van der Waals surface area contributed by atoms with Crippen LogP contribution in [0.15, 0.2) is 12.1 Å². The van der Waals surface area contributed by atoms with Crippen LogP contribution in [-0.4, -0.2) is 37.1 Å². The van der Waals surface area contributed by atoms with Crippen molar-refractivity contribution in [2.75, 3.05) is 20.1 Å². The van der Waals surface area contributed by atoms with Crippen molar-refractivity contribution in [1.82, 2.24) is 10.2 Å². The summed E-state index contributed by atoms with van der Waals surface area (Å²) in [5.74, 6) is 0.718. The summed E-state index contributed by atoms with van der Waals surface area (Å²) in [5.41, 5.74) is 0. The first-order valence-electron chi connectivity index (χ1n) is 6.77. The molecule has 1 aliphatic heterocycles. The fraction of sp³-hybridized carbons (Fsp3) is 0.714. The summed E-state index contributed by atoms with van der Waals surface area (Å²) in [7, 11) is 2.08. The van der Waals surface area contributed by atoms with E-state index in [0.29, 0.717) is 12.1 Å². The maximum Gasteiger partial charge on any atom is 0.0931 e. The SMILES string of the molecule is CNC1CCN(CCc2ccc(Cl)s2)C(C)C1C. The summed E-state index contributed by atoms with van der Waals surface area (Å²) in [6.07, 6.45) is 2.38. The zero-order valence-electron chi connectivity index (χ0n) is 11.4. The average molecular weight is 287 g/mol. The van der Waals surface area contributed by atoms with E-state index in [4.69, 9.17) is 11.6 Å². The van der Waals surface area contributed by atoms with Gasteiger partial charge in [0.15, 0.2) is 0 Å². The van der Waals surface area contributed by atoms with Crippen molar-refractivity contribution < 1.29 is 0 Å². The maximum atomic E-state index is 5.97. The first-order valence-corrected chi connectivity index (χ1v) is 7.96. The molecule has 1 aromatic rings. The van der Waals surface area contributed by atoms with Crippen LogP contribution >= 0.6 is 22.9 Å². The number of nitrogens with one attached hydrogen (secondary N) is 1. The number of hydrogen-bond donors (Lipinski definition) is 1. The van der Waals surface area contributed by atoms with E-state index >= 15 is 0 Å². The van der Waals surface area contributed by atoms with Crippen molar-refractivity contribution in [2.45, 2.75) is 38.8 Å². The molecule has 0 amide bonds. The second-order valence-electron chi connectivity index (χ2n) is 5.28. The third kappa shape index (κ3) is 3.27. The molecule has 1 aliphatic rings. The third-order valence-corrected chi connectivity index (χ3v) is 5.63. The van der Waals surface area contributed by atoms with Gasteiger partial charge in [-0.2, -0.15) is 0 Å². The number of hydrogen-bond acceptors (Lipinski definition) is 3. The molecule has 18 heavy (non-hydrogen) atoms. The van der Waals surface area contributed by atoms with E-state index in [-0.39, 0.29) is 0 Å². The molecule has 0 bridgehead atoms. The Hall–Kier alpha value is -0.0900. The molecule has 0 aromatic carbocycles. The molecular formula is C14H23ClN2S. The quantitative estimate of drug-likeness (QED) is 0.914. The van der Waals surface area contributed by atoms with Crippen molar-refractivity contribution in [2.24, 2.45) is 5.92 Å². The van der Waals surface area contributed by atoms with Crippen LogP contribution in [0.5, 0.6) is 0 Å². The van der Waals surface area contributed by atoms with Gasteiger partial charge >= 0.3 is 0 Å². The van der Waals surface area contributed by atoms with E-state index in [1.54, 1.807) is 11.3 Å². The van der Waals surface area contributed by atoms with E-state index < -0.39 is 0 Å². The van der Waals surface area contributed by atoms with Gasteiger partial charge in [-0.1, -0.05) is 18.5 Å². The largest absolute Gasteiger partial charge is 0.317 e. The summed E-state index contributed by atoms with van der Waals surface area (Å²) in [4.78, 5) is 4.02. The van der Waals surface area contributed by atoms with E-state index in [9.17, 15) is 0 Å². The Kier molecular flexibility index (Phi) is 5.07. The van der Waals surface area contributed by atoms with Gasteiger partial charge in [0.05, 0.1) is 4.34 Å². The highest BCUT2D eigenvalue weighted by Gasteiger charge is 2.30. The lowest BCUT2D eigenvalue weighted by Gasteiger charge is -2.42. The number of nitrogens with zero attached hydrogens (tertiary/aromatic N) is 1. The average Bonchev–Trinajstić information content (AvgIpc) is 2.77. The standard InChI is InChI=1S/C14H23ClN2S/c1-10-11(2)17(9-7-13(10)16-3)8-6-12-4-5-14(15)18-12/h4-5,10-11,13,16H,6-9H2,1-3H3. The summed E-state index contributed by atoms with van der Waals surface area (Å²) in [5, 5.41) is 3.44. The normalized spacial score (nSPS) is 29.7. The molecule has 1 N–H and O–H groups in total. The van der Waals surface area contributed by atoms with Crippen LogP contribution in [0.1, 0.15) is 25.1 Å². The van der Waals surface area contributed by atoms with Crippen molar-refractivity contribution in [3.05, 3.63) is 21.3 Å². The van der Waals surface area contributed by atoms with E-state index in [2.05, 4.69) is 37.2 Å². The minimum absolute atomic E-state index is 0.659. The van der Waals surface area contributed by atoms with Crippen LogP contribution in [0.2, 0.25) is 4.34 Å². The van der Waals surface area contributed by atoms with E-state index in [1.165, 1.54) is 17.8 Å². The Labute approximate surface area is 119 Å². The van der Waals surface area contributed by atoms with Crippen molar-refractivity contribution in [1.29, 1.82) is 0 Å². The predicted molar refractivity (Wildman–Crippen MR) is 80.7 cm³/mol. The lowest BCUT2D eigenvalue weighted by molar-refractivity contribution is 0.0891. The Balaban J connectivity index is 1.86. The monoisotopic (exact) mass is 286 g/mol. The van der Waals surface area contributed by atoms with Gasteiger partial charge in [-0.25, -0.2) is 0 Å². The van der Waals surface area contributed by atoms with Gasteiger partial charge in [-0.15, -0.1) is 11.3 Å². The lowest BCUT2D eigenvalue weighted by atomic mass is 9.87. The minimum atomic E-state index is 0.659. The fourth-order valence-corrected chi connectivity index (χ4v) is 3.98.